The number of halogens is 2. The number of ether oxygens (including phenoxy) is 4. The molecule has 1 heterocycles. The number of carbonyl (C=O) groups is 3. The maximum Gasteiger partial charge on any atom is 0.377 e. The van der Waals surface area contributed by atoms with Gasteiger partial charge in [0.05, 0.1) is 17.1 Å². The summed E-state index contributed by atoms with van der Waals surface area (Å²) in [5, 5.41) is 11.1. The highest BCUT2D eigenvalue weighted by Crippen LogP contribution is 2.62. The van der Waals surface area contributed by atoms with Crippen LogP contribution in [0.5, 0.6) is 0 Å². The minimum atomic E-state index is -3.63. The molecule has 1 N–H and O–H groups in total. The minimum Gasteiger partial charge on any atom is -0.458 e. The molecule has 7 rings (SSSR count). The molecule has 16 heteroatoms. The van der Waals surface area contributed by atoms with E-state index in [1.807, 2.05) is 0 Å². The predicted octanol–water partition coefficient (Wildman–Crippen LogP) is -0.384. The van der Waals surface area contributed by atoms with Gasteiger partial charge >= 0.3 is 23.8 Å². The van der Waals surface area contributed by atoms with Gasteiger partial charge in [0.25, 0.3) is 0 Å². The molecule has 200 valence electrons. The van der Waals surface area contributed by atoms with Crippen molar-refractivity contribution in [2.24, 2.45) is 23.7 Å². The van der Waals surface area contributed by atoms with Gasteiger partial charge in [-0.25, -0.2) is 9.59 Å². The minimum absolute atomic E-state index is 0.0547. The Morgan fingerprint density at radius 1 is 1.08 bits per heavy atom. The number of hydrogen-bond donors (Lipinski definition) is 1. The van der Waals surface area contributed by atoms with Gasteiger partial charge in [-0.1, -0.05) is 0 Å². The van der Waals surface area contributed by atoms with E-state index in [1.54, 1.807) is 0 Å². The molecule has 39 heavy (non-hydrogen) atoms. The number of carbonyl (C=O) groups excluding carboxylic acids is 3. The van der Waals surface area contributed by atoms with Crippen molar-refractivity contribution in [2.45, 2.75) is 93.2 Å². The SMILES string of the molecule is CC(F)(F)C(=O)OC12CC3CC(O)(CC(OCC(=O)OC4C5CC6C(=O)OC4C6C5)(C3)C1)C2.[B]B([B])B([B])[B]. The average Bonchev–Trinajstić information content (AvgIpc) is 3.41. The second-order valence-corrected chi connectivity index (χ2v) is 12.7. The van der Waals surface area contributed by atoms with Crippen LogP contribution in [0.15, 0.2) is 0 Å². The molecule has 6 bridgehead atoms. The second kappa shape index (κ2) is 9.85. The fourth-order valence-electron chi connectivity index (χ4n) is 8.24. The summed E-state index contributed by atoms with van der Waals surface area (Å²) in [5.41, 5.74) is -3.37. The van der Waals surface area contributed by atoms with Crippen molar-refractivity contribution in [3.63, 3.8) is 0 Å². The van der Waals surface area contributed by atoms with Crippen LogP contribution in [0.3, 0.4) is 0 Å². The Morgan fingerprint density at radius 3 is 2.33 bits per heavy atom. The Kier molecular flexibility index (Phi) is 7.34. The molecule has 0 aromatic rings. The van der Waals surface area contributed by atoms with Gasteiger partial charge in [0.15, 0.2) is 0 Å². The topological polar surface area (TPSA) is 108 Å². The van der Waals surface area contributed by atoms with Crippen molar-refractivity contribution >= 4 is 61.6 Å². The van der Waals surface area contributed by atoms with Gasteiger partial charge in [-0.15, -0.1) is 0 Å². The summed E-state index contributed by atoms with van der Waals surface area (Å²) < 4.78 is 49.5. The van der Waals surface area contributed by atoms with Gasteiger partial charge in [-0.3, -0.25) is 4.79 Å². The van der Waals surface area contributed by atoms with Crippen LogP contribution in [0.1, 0.15) is 58.3 Å². The first-order chi connectivity index (χ1) is 18.0. The number of hydrogen-bond acceptors (Lipinski definition) is 8. The Labute approximate surface area is 232 Å². The molecule has 7 fully saturated rings. The molecule has 0 spiro atoms. The van der Waals surface area contributed by atoms with Gasteiger partial charge in [0.2, 0.25) is 0 Å². The molecule has 1 aliphatic heterocycles. The van der Waals surface area contributed by atoms with Crippen LogP contribution in [0, 0.1) is 23.7 Å². The monoisotopic (exact) mass is 536 g/mol. The van der Waals surface area contributed by atoms with Crippen LogP contribution in [0.4, 0.5) is 8.78 Å². The zero-order valence-electron chi connectivity index (χ0n) is 21.9. The molecule has 7 aliphatic rings. The van der Waals surface area contributed by atoms with Gasteiger partial charge in [0.1, 0.15) is 24.4 Å². The van der Waals surface area contributed by atoms with Crippen molar-refractivity contribution in [3.05, 3.63) is 0 Å². The number of alkyl halides is 2. The van der Waals surface area contributed by atoms with E-state index in [-0.39, 0.29) is 61.6 Å². The van der Waals surface area contributed by atoms with E-state index in [1.165, 1.54) is 0 Å². The number of rotatable bonds is 7. The molecule has 9 atom stereocenters. The number of fused-ring (bicyclic) bond motifs is 1. The van der Waals surface area contributed by atoms with Gasteiger partial charge in [-0.2, -0.15) is 8.78 Å². The van der Waals surface area contributed by atoms with Crippen molar-refractivity contribution in [3.8, 4) is 0 Å². The third kappa shape index (κ3) is 5.57. The highest BCUT2D eigenvalue weighted by molar-refractivity contribution is 7.76. The summed E-state index contributed by atoms with van der Waals surface area (Å²) in [4.78, 5) is 36.5. The van der Waals surface area contributed by atoms with Crippen LogP contribution in [-0.2, 0) is 33.3 Å². The molecule has 0 aromatic heterocycles. The van der Waals surface area contributed by atoms with E-state index >= 15 is 0 Å². The zero-order valence-corrected chi connectivity index (χ0v) is 21.9. The van der Waals surface area contributed by atoms with Crippen LogP contribution < -0.4 is 0 Å². The molecule has 6 saturated carbocycles. The van der Waals surface area contributed by atoms with Gasteiger partial charge in [-0.05, 0) is 38.0 Å². The van der Waals surface area contributed by atoms with E-state index < -0.39 is 53.5 Å². The summed E-state index contributed by atoms with van der Waals surface area (Å²) in [6.45, 7) is 0.126. The molecule has 9 unspecified atom stereocenters. The largest absolute Gasteiger partial charge is 0.458 e. The van der Waals surface area contributed by atoms with Crippen molar-refractivity contribution in [1.82, 2.24) is 0 Å². The average molecular weight is 535 g/mol. The van der Waals surface area contributed by atoms with Crippen molar-refractivity contribution in [2.75, 3.05) is 6.61 Å². The lowest BCUT2D eigenvalue weighted by molar-refractivity contribution is -0.279. The van der Waals surface area contributed by atoms with E-state index in [2.05, 4.69) is 0 Å². The van der Waals surface area contributed by atoms with E-state index in [9.17, 15) is 28.3 Å². The molecular weight excluding hydrogens is 507 g/mol. The van der Waals surface area contributed by atoms with E-state index in [4.69, 9.17) is 49.9 Å². The first-order valence-electron chi connectivity index (χ1n) is 13.4. The first-order valence-corrected chi connectivity index (χ1v) is 13.4. The summed E-state index contributed by atoms with van der Waals surface area (Å²) in [6.07, 6.45) is 1.39. The molecule has 0 amide bonds. The lowest BCUT2D eigenvalue weighted by Gasteiger charge is -2.63. The summed E-state index contributed by atoms with van der Waals surface area (Å²) in [7, 11) is 19.9. The molecule has 8 radical (unpaired) electrons. The summed E-state index contributed by atoms with van der Waals surface area (Å²) in [5.74, 6) is -5.93. The van der Waals surface area contributed by atoms with Crippen molar-refractivity contribution < 1.29 is 47.2 Å². The fourth-order valence-corrected chi connectivity index (χ4v) is 8.24. The van der Waals surface area contributed by atoms with Crippen LogP contribution in [-0.4, -0.2) is 108 Å². The highest BCUT2D eigenvalue weighted by Gasteiger charge is 2.67. The van der Waals surface area contributed by atoms with Crippen LogP contribution in [0.2, 0.25) is 0 Å². The van der Waals surface area contributed by atoms with E-state index in [0.717, 1.165) is 6.42 Å². The highest BCUT2D eigenvalue weighted by atomic mass is 19.3. The summed E-state index contributed by atoms with van der Waals surface area (Å²) >= 11 is 0. The van der Waals surface area contributed by atoms with Gasteiger partial charge < -0.3 is 24.1 Å². The Morgan fingerprint density at radius 2 is 1.72 bits per heavy atom. The molecule has 8 nitrogen and oxygen atoms in total. The third-order valence-corrected chi connectivity index (χ3v) is 9.23. The second-order valence-electron chi connectivity index (χ2n) is 12.7. The summed E-state index contributed by atoms with van der Waals surface area (Å²) in [6, 6.07) is 0. The lowest BCUT2D eigenvalue weighted by atomic mass is 8.81. The molecule has 0 aromatic carbocycles. The molecule has 6 aliphatic carbocycles. The Balaban J connectivity index is 0.000000465. The predicted molar refractivity (Wildman–Crippen MR) is 138 cm³/mol. The fraction of sp³-hybridized carbons (Fsp3) is 0.870. The quantitative estimate of drug-likeness (QED) is 0.267. The maximum absolute atomic E-state index is 13.5. The van der Waals surface area contributed by atoms with Crippen LogP contribution in [0.25, 0.3) is 0 Å². The molecular formula is C23H28B6F2O8. The smallest absolute Gasteiger partial charge is 0.377 e. The van der Waals surface area contributed by atoms with Gasteiger partial charge in [0, 0.05) is 81.7 Å². The number of esters is 3. The lowest BCUT2D eigenvalue weighted by Crippen LogP contribution is -2.68. The van der Waals surface area contributed by atoms with Crippen molar-refractivity contribution in [1.29, 1.82) is 0 Å². The van der Waals surface area contributed by atoms with E-state index in [0.29, 0.717) is 32.6 Å². The van der Waals surface area contributed by atoms with Crippen LogP contribution >= 0.6 is 0 Å². The standard InChI is InChI=1S/C23H28F2O8.B6/c1-20(24,25)19(28)33-23-6-11-4-21(29,9-23)8-22(5-11,10-23)30-7-15(26)31-16-12-2-13-14(3-12)18(27)32-17(13)16;1-5(2)6(3)4/h11-14,16-17,29H,2-10H2,1H3;. The number of aliphatic hydroxyl groups is 1. The first kappa shape index (κ1) is 29.1. The normalized spacial score (nSPS) is 42.4. The zero-order chi connectivity index (χ0) is 28.5. The Bertz CT molecular complexity index is 1030. The third-order valence-electron chi connectivity index (χ3n) is 9.23. The molecule has 1 saturated heterocycles. The Hall–Kier alpha value is -1.42. The maximum atomic E-state index is 13.5.